The molecule has 0 aromatic heterocycles. The highest BCUT2D eigenvalue weighted by Crippen LogP contribution is 2.32. The maximum absolute atomic E-state index is 9.67. The van der Waals surface area contributed by atoms with E-state index >= 15 is 0 Å². The molecule has 18 heavy (non-hydrogen) atoms. The van der Waals surface area contributed by atoms with E-state index in [0.717, 1.165) is 0 Å². The Hall–Kier alpha value is -2.40. The fourth-order valence-corrected chi connectivity index (χ4v) is 1.70. The zero-order valence-electron chi connectivity index (χ0n) is 9.72. The number of anilines is 4. The minimum atomic E-state index is -0.188. The van der Waals surface area contributed by atoms with Gasteiger partial charge < -0.3 is 27.0 Å². The molecule has 0 amide bonds. The Kier molecular flexibility index (Phi) is 3.25. The number of para-hydroxylation sites is 2. The maximum atomic E-state index is 9.67. The van der Waals surface area contributed by atoms with Crippen molar-refractivity contribution >= 4 is 22.7 Å². The number of rotatable bonds is 3. The SMILES string of the molecule is Nc1cc(CO)c(N)c(Nc2ccccc2O)c1. The van der Waals surface area contributed by atoms with E-state index in [2.05, 4.69) is 5.32 Å². The van der Waals surface area contributed by atoms with Crippen LogP contribution >= 0.6 is 0 Å². The summed E-state index contributed by atoms with van der Waals surface area (Å²) in [5.41, 5.74) is 14.2. The summed E-state index contributed by atoms with van der Waals surface area (Å²) in [6, 6.07) is 10.1. The van der Waals surface area contributed by atoms with Gasteiger partial charge >= 0.3 is 0 Å². The molecule has 0 atom stereocenters. The van der Waals surface area contributed by atoms with Gasteiger partial charge in [-0.15, -0.1) is 0 Å². The molecule has 0 aliphatic carbocycles. The monoisotopic (exact) mass is 245 g/mol. The van der Waals surface area contributed by atoms with Gasteiger partial charge in [0.15, 0.2) is 0 Å². The van der Waals surface area contributed by atoms with Crippen LogP contribution in [0, 0.1) is 0 Å². The van der Waals surface area contributed by atoms with Crippen LogP contribution in [0.25, 0.3) is 0 Å². The van der Waals surface area contributed by atoms with Crippen molar-refractivity contribution in [3.05, 3.63) is 42.0 Å². The van der Waals surface area contributed by atoms with Gasteiger partial charge in [-0.25, -0.2) is 0 Å². The van der Waals surface area contributed by atoms with Gasteiger partial charge in [-0.2, -0.15) is 0 Å². The number of phenols is 1. The normalized spacial score (nSPS) is 10.3. The van der Waals surface area contributed by atoms with Crippen molar-refractivity contribution in [1.82, 2.24) is 0 Å². The highest BCUT2D eigenvalue weighted by Gasteiger charge is 2.08. The highest BCUT2D eigenvalue weighted by atomic mass is 16.3. The van der Waals surface area contributed by atoms with Crippen LogP contribution in [0.1, 0.15) is 5.56 Å². The van der Waals surface area contributed by atoms with Crippen LogP contribution in [0.5, 0.6) is 5.75 Å². The van der Waals surface area contributed by atoms with E-state index in [1.54, 1.807) is 36.4 Å². The van der Waals surface area contributed by atoms with Crippen LogP contribution in [0.3, 0.4) is 0 Å². The van der Waals surface area contributed by atoms with Gasteiger partial charge in [-0.3, -0.25) is 0 Å². The lowest BCUT2D eigenvalue weighted by molar-refractivity contribution is 0.282. The molecule has 0 aliphatic rings. The van der Waals surface area contributed by atoms with Crippen molar-refractivity contribution in [2.24, 2.45) is 0 Å². The van der Waals surface area contributed by atoms with Gasteiger partial charge in [0, 0.05) is 11.3 Å². The molecule has 94 valence electrons. The number of hydrogen-bond acceptors (Lipinski definition) is 5. The van der Waals surface area contributed by atoms with Crippen LogP contribution in [-0.4, -0.2) is 10.2 Å². The first-order valence-electron chi connectivity index (χ1n) is 5.45. The fraction of sp³-hybridized carbons (Fsp3) is 0.0769. The zero-order chi connectivity index (χ0) is 13.1. The lowest BCUT2D eigenvalue weighted by Gasteiger charge is -2.14. The zero-order valence-corrected chi connectivity index (χ0v) is 9.72. The van der Waals surface area contributed by atoms with Crippen LogP contribution in [0.4, 0.5) is 22.7 Å². The van der Waals surface area contributed by atoms with E-state index < -0.39 is 0 Å². The predicted molar refractivity (Wildman–Crippen MR) is 72.6 cm³/mol. The third-order valence-electron chi connectivity index (χ3n) is 2.63. The number of phenolic OH excluding ortho intramolecular Hbond substituents is 1. The van der Waals surface area contributed by atoms with Crippen molar-refractivity contribution in [2.75, 3.05) is 16.8 Å². The van der Waals surface area contributed by atoms with Crippen molar-refractivity contribution in [3.63, 3.8) is 0 Å². The summed E-state index contributed by atoms with van der Waals surface area (Å²) < 4.78 is 0. The van der Waals surface area contributed by atoms with Gasteiger partial charge in [-0.05, 0) is 24.3 Å². The summed E-state index contributed by atoms with van der Waals surface area (Å²) in [5.74, 6) is 0.116. The van der Waals surface area contributed by atoms with Gasteiger partial charge in [0.05, 0.1) is 23.7 Å². The number of aliphatic hydroxyl groups is 1. The van der Waals surface area contributed by atoms with Crippen LogP contribution < -0.4 is 16.8 Å². The number of nitrogens with two attached hydrogens (primary N) is 2. The van der Waals surface area contributed by atoms with Crippen LogP contribution in [0.2, 0.25) is 0 Å². The molecule has 2 aromatic carbocycles. The Balaban J connectivity index is 2.40. The average molecular weight is 245 g/mol. The second-order valence-electron chi connectivity index (χ2n) is 3.94. The van der Waals surface area contributed by atoms with Crippen molar-refractivity contribution in [3.8, 4) is 5.75 Å². The second-order valence-corrected chi connectivity index (χ2v) is 3.94. The summed E-state index contributed by atoms with van der Waals surface area (Å²) in [4.78, 5) is 0. The van der Waals surface area contributed by atoms with Crippen LogP contribution in [-0.2, 0) is 6.61 Å². The van der Waals surface area contributed by atoms with E-state index in [1.165, 1.54) is 0 Å². The lowest BCUT2D eigenvalue weighted by Crippen LogP contribution is -2.02. The fourth-order valence-electron chi connectivity index (χ4n) is 1.70. The largest absolute Gasteiger partial charge is 0.506 e. The predicted octanol–water partition coefficient (Wildman–Crippen LogP) is 1.79. The smallest absolute Gasteiger partial charge is 0.139 e. The Labute approximate surface area is 105 Å². The molecule has 0 spiro atoms. The second kappa shape index (κ2) is 4.85. The molecule has 7 N–H and O–H groups in total. The molecule has 2 aromatic rings. The molecular weight excluding hydrogens is 230 g/mol. The number of nitrogens with one attached hydrogen (secondary N) is 1. The van der Waals surface area contributed by atoms with Gasteiger partial charge in [0.1, 0.15) is 5.75 Å². The van der Waals surface area contributed by atoms with E-state index in [-0.39, 0.29) is 12.4 Å². The van der Waals surface area contributed by atoms with Crippen molar-refractivity contribution in [1.29, 1.82) is 0 Å². The minimum Gasteiger partial charge on any atom is -0.506 e. The Morgan fingerprint density at radius 1 is 1.06 bits per heavy atom. The summed E-state index contributed by atoms with van der Waals surface area (Å²) in [6.07, 6.45) is 0. The molecule has 0 fully saturated rings. The molecule has 0 saturated carbocycles. The molecule has 5 heteroatoms. The molecule has 0 heterocycles. The van der Waals surface area contributed by atoms with Gasteiger partial charge in [-0.1, -0.05) is 12.1 Å². The topological polar surface area (TPSA) is 105 Å². The number of aliphatic hydroxyl groups excluding tert-OH is 1. The summed E-state index contributed by atoms with van der Waals surface area (Å²) in [7, 11) is 0. The number of hydrogen-bond donors (Lipinski definition) is 5. The molecule has 5 nitrogen and oxygen atoms in total. The third-order valence-corrected chi connectivity index (χ3v) is 2.63. The first kappa shape index (κ1) is 12.1. The molecule has 0 aliphatic heterocycles. The number of aromatic hydroxyl groups is 1. The Bertz CT molecular complexity index is 570. The first-order chi connectivity index (χ1) is 8.61. The number of benzene rings is 2. The molecular formula is C13H15N3O2. The summed E-state index contributed by atoms with van der Waals surface area (Å²) in [6.45, 7) is -0.188. The van der Waals surface area contributed by atoms with E-state index in [4.69, 9.17) is 11.5 Å². The van der Waals surface area contributed by atoms with Crippen LogP contribution in [0.15, 0.2) is 36.4 Å². The van der Waals surface area contributed by atoms with Crippen molar-refractivity contribution < 1.29 is 10.2 Å². The standard InChI is InChI=1S/C13H15N3O2/c14-9-5-8(7-17)13(15)11(6-9)16-10-3-1-2-4-12(10)18/h1-6,16-18H,7,14-15H2. The Morgan fingerprint density at radius 2 is 1.78 bits per heavy atom. The quantitative estimate of drug-likeness (QED) is 0.419. The van der Waals surface area contributed by atoms with Gasteiger partial charge in [0.2, 0.25) is 0 Å². The Morgan fingerprint density at radius 3 is 2.44 bits per heavy atom. The molecule has 0 radical (unpaired) electrons. The highest BCUT2D eigenvalue weighted by molar-refractivity contribution is 5.80. The van der Waals surface area contributed by atoms with E-state index in [9.17, 15) is 10.2 Å². The van der Waals surface area contributed by atoms with Gasteiger partial charge in [0.25, 0.3) is 0 Å². The summed E-state index contributed by atoms with van der Waals surface area (Å²) in [5, 5.41) is 21.8. The summed E-state index contributed by atoms with van der Waals surface area (Å²) >= 11 is 0. The average Bonchev–Trinajstić information content (AvgIpc) is 2.36. The van der Waals surface area contributed by atoms with E-state index in [1.807, 2.05) is 0 Å². The third kappa shape index (κ3) is 2.31. The number of nitrogen functional groups attached to an aromatic ring is 2. The molecule has 0 saturated heterocycles. The van der Waals surface area contributed by atoms with Crippen molar-refractivity contribution in [2.45, 2.75) is 6.61 Å². The molecule has 0 bridgehead atoms. The molecule has 2 rings (SSSR count). The maximum Gasteiger partial charge on any atom is 0.139 e. The lowest BCUT2D eigenvalue weighted by atomic mass is 10.1. The van der Waals surface area contributed by atoms with E-state index in [0.29, 0.717) is 28.3 Å². The minimum absolute atomic E-state index is 0.116. The first-order valence-corrected chi connectivity index (χ1v) is 5.45. The molecule has 0 unspecified atom stereocenters.